The number of rotatable bonds is 2. The average Bonchev–Trinajstić information content (AvgIpc) is 2.19. The first-order valence-corrected chi connectivity index (χ1v) is 5.69. The molecule has 0 unspecified atom stereocenters. The number of nitrogens with zero attached hydrogens (tertiary/aromatic N) is 1. The number of esters is 1. The molecule has 1 saturated carbocycles. The van der Waals surface area contributed by atoms with Gasteiger partial charge in [-0.2, -0.15) is 0 Å². The van der Waals surface area contributed by atoms with E-state index in [-0.39, 0.29) is 5.97 Å². The van der Waals surface area contributed by atoms with Crippen LogP contribution in [0.25, 0.3) is 0 Å². The number of hydrogen-bond acceptors (Lipinski definition) is 3. The van der Waals surface area contributed by atoms with E-state index in [0.29, 0.717) is 0 Å². The van der Waals surface area contributed by atoms with E-state index >= 15 is 0 Å². The summed E-state index contributed by atoms with van der Waals surface area (Å²) in [7, 11) is 1.43. The molecule has 1 fully saturated rings. The predicted octanol–water partition coefficient (Wildman–Crippen LogP) is 2.44. The maximum absolute atomic E-state index is 11.7. The van der Waals surface area contributed by atoms with Crippen molar-refractivity contribution in [1.29, 1.82) is 0 Å². The van der Waals surface area contributed by atoms with Crippen LogP contribution in [0.4, 0.5) is 0 Å². The molecule has 0 N–H and O–H groups in total. The van der Waals surface area contributed by atoms with Crippen molar-refractivity contribution in [3.8, 4) is 0 Å². The third kappa shape index (κ3) is 1.67. The lowest BCUT2D eigenvalue weighted by atomic mass is 9.66. The fourth-order valence-corrected chi connectivity index (χ4v) is 2.18. The normalized spacial score (nSPS) is 18.0. The van der Waals surface area contributed by atoms with Gasteiger partial charge in [0.1, 0.15) is 5.41 Å². The second kappa shape index (κ2) is 3.93. The van der Waals surface area contributed by atoms with Crippen LogP contribution in [0, 0.1) is 0 Å². The average molecular weight is 270 g/mol. The molecule has 4 heteroatoms. The third-order valence-electron chi connectivity index (χ3n) is 3.00. The van der Waals surface area contributed by atoms with Crippen LogP contribution in [0.5, 0.6) is 0 Å². The Morgan fingerprint density at radius 1 is 1.53 bits per heavy atom. The van der Waals surface area contributed by atoms with Crippen LogP contribution in [0.3, 0.4) is 0 Å². The maximum atomic E-state index is 11.7. The number of ether oxygens (including phenoxy) is 1. The first kappa shape index (κ1) is 10.6. The molecule has 3 nitrogen and oxygen atoms in total. The van der Waals surface area contributed by atoms with Crippen LogP contribution in [-0.2, 0) is 14.9 Å². The molecule has 1 aliphatic carbocycles. The summed E-state index contributed by atoms with van der Waals surface area (Å²) in [4.78, 5) is 16.0. The van der Waals surface area contributed by atoms with Gasteiger partial charge in [0.05, 0.1) is 12.8 Å². The van der Waals surface area contributed by atoms with Gasteiger partial charge in [0.2, 0.25) is 0 Å². The first-order valence-electron chi connectivity index (χ1n) is 4.89. The monoisotopic (exact) mass is 269 g/mol. The highest BCUT2D eigenvalue weighted by atomic mass is 79.9. The van der Waals surface area contributed by atoms with Crippen LogP contribution < -0.4 is 0 Å². The smallest absolute Gasteiger partial charge is 0.317 e. The molecule has 0 aliphatic heterocycles. The van der Waals surface area contributed by atoms with Gasteiger partial charge < -0.3 is 4.74 Å². The zero-order valence-electron chi connectivity index (χ0n) is 8.50. The maximum Gasteiger partial charge on any atom is 0.317 e. The van der Waals surface area contributed by atoms with E-state index in [1.807, 2.05) is 12.1 Å². The van der Waals surface area contributed by atoms with Crippen molar-refractivity contribution in [3.05, 3.63) is 28.5 Å². The van der Waals surface area contributed by atoms with Gasteiger partial charge in [0.25, 0.3) is 0 Å². The number of carbonyl (C=O) groups excluding carboxylic acids is 1. The van der Waals surface area contributed by atoms with Crippen molar-refractivity contribution < 1.29 is 9.53 Å². The molecule has 0 aromatic carbocycles. The molecular formula is C11H12BrNO2. The van der Waals surface area contributed by atoms with Gasteiger partial charge in [-0.1, -0.05) is 6.42 Å². The molecule has 1 heterocycles. The molecule has 0 atom stereocenters. The van der Waals surface area contributed by atoms with Gasteiger partial charge in [-0.15, -0.1) is 0 Å². The predicted molar refractivity (Wildman–Crippen MR) is 59.5 cm³/mol. The van der Waals surface area contributed by atoms with Gasteiger partial charge in [-0.25, -0.2) is 0 Å². The van der Waals surface area contributed by atoms with Crippen LogP contribution in [-0.4, -0.2) is 18.1 Å². The highest BCUT2D eigenvalue weighted by molar-refractivity contribution is 9.10. The Bertz CT molecular complexity index is 371. The van der Waals surface area contributed by atoms with Crippen LogP contribution in [0.2, 0.25) is 0 Å². The van der Waals surface area contributed by atoms with Gasteiger partial charge >= 0.3 is 5.97 Å². The van der Waals surface area contributed by atoms with Crippen molar-refractivity contribution >= 4 is 21.9 Å². The van der Waals surface area contributed by atoms with Crippen LogP contribution >= 0.6 is 15.9 Å². The van der Waals surface area contributed by atoms with E-state index in [4.69, 9.17) is 4.74 Å². The minimum Gasteiger partial charge on any atom is -0.468 e. The second-order valence-corrected chi connectivity index (χ2v) is 4.70. The first-order chi connectivity index (χ1) is 7.19. The molecule has 1 aromatic heterocycles. The Balaban J connectivity index is 2.34. The lowest BCUT2D eigenvalue weighted by Gasteiger charge is -2.38. The molecule has 15 heavy (non-hydrogen) atoms. The van der Waals surface area contributed by atoms with Crippen LogP contribution in [0.15, 0.2) is 22.8 Å². The van der Waals surface area contributed by atoms with E-state index in [0.717, 1.165) is 29.4 Å². The SMILES string of the molecule is COC(=O)C1(c2ccc(Br)cn2)CCC1. The summed E-state index contributed by atoms with van der Waals surface area (Å²) in [6.45, 7) is 0. The molecule has 0 amide bonds. The van der Waals surface area contributed by atoms with E-state index < -0.39 is 5.41 Å². The standard InChI is InChI=1S/C11H12BrNO2/c1-15-10(14)11(5-2-6-11)9-4-3-8(12)7-13-9/h3-4,7H,2,5-6H2,1H3. The molecule has 0 radical (unpaired) electrons. The second-order valence-electron chi connectivity index (χ2n) is 3.79. The summed E-state index contributed by atoms with van der Waals surface area (Å²) in [6, 6.07) is 3.80. The minimum absolute atomic E-state index is 0.163. The summed E-state index contributed by atoms with van der Waals surface area (Å²) in [6.07, 6.45) is 4.47. The van der Waals surface area contributed by atoms with Gasteiger partial charge in [0, 0.05) is 10.7 Å². The van der Waals surface area contributed by atoms with Crippen molar-refractivity contribution in [3.63, 3.8) is 0 Å². The zero-order valence-corrected chi connectivity index (χ0v) is 10.1. The third-order valence-corrected chi connectivity index (χ3v) is 3.47. The molecule has 0 saturated heterocycles. The number of carbonyl (C=O) groups is 1. The number of aromatic nitrogens is 1. The Hall–Kier alpha value is -0.900. The number of pyridine rings is 1. The number of methoxy groups -OCH3 is 1. The van der Waals surface area contributed by atoms with E-state index in [2.05, 4.69) is 20.9 Å². The number of hydrogen-bond donors (Lipinski definition) is 0. The Kier molecular flexibility index (Phi) is 2.78. The van der Waals surface area contributed by atoms with E-state index in [9.17, 15) is 4.79 Å². The fourth-order valence-electron chi connectivity index (χ4n) is 1.95. The summed E-state index contributed by atoms with van der Waals surface area (Å²) < 4.78 is 5.77. The number of halogens is 1. The Morgan fingerprint density at radius 3 is 2.67 bits per heavy atom. The summed E-state index contributed by atoms with van der Waals surface area (Å²) in [5.74, 6) is -0.163. The lowest BCUT2D eigenvalue weighted by Crippen LogP contribution is -2.43. The Labute approximate surface area is 97.0 Å². The van der Waals surface area contributed by atoms with Crippen molar-refractivity contribution in [2.75, 3.05) is 7.11 Å². The largest absolute Gasteiger partial charge is 0.468 e. The molecular weight excluding hydrogens is 258 g/mol. The molecule has 2 rings (SSSR count). The van der Waals surface area contributed by atoms with Gasteiger partial charge in [-0.05, 0) is 40.9 Å². The fraction of sp³-hybridized carbons (Fsp3) is 0.455. The van der Waals surface area contributed by atoms with E-state index in [1.165, 1.54) is 7.11 Å². The van der Waals surface area contributed by atoms with Gasteiger partial charge in [-0.3, -0.25) is 9.78 Å². The zero-order chi connectivity index (χ0) is 10.9. The molecule has 1 aromatic rings. The molecule has 1 aliphatic rings. The van der Waals surface area contributed by atoms with Crippen molar-refractivity contribution in [1.82, 2.24) is 4.98 Å². The van der Waals surface area contributed by atoms with E-state index in [1.54, 1.807) is 6.20 Å². The molecule has 0 spiro atoms. The summed E-state index contributed by atoms with van der Waals surface area (Å²) in [5.41, 5.74) is 0.346. The van der Waals surface area contributed by atoms with Crippen molar-refractivity contribution in [2.24, 2.45) is 0 Å². The Morgan fingerprint density at radius 2 is 2.27 bits per heavy atom. The molecule has 0 bridgehead atoms. The lowest BCUT2D eigenvalue weighted by molar-refractivity contribution is -0.151. The van der Waals surface area contributed by atoms with Crippen molar-refractivity contribution in [2.45, 2.75) is 24.7 Å². The minimum atomic E-state index is -0.477. The van der Waals surface area contributed by atoms with Gasteiger partial charge in [0.15, 0.2) is 0 Å². The highest BCUT2D eigenvalue weighted by Crippen LogP contribution is 2.43. The molecule has 80 valence electrons. The van der Waals surface area contributed by atoms with Crippen LogP contribution in [0.1, 0.15) is 25.0 Å². The summed E-state index contributed by atoms with van der Waals surface area (Å²) >= 11 is 3.33. The topological polar surface area (TPSA) is 39.2 Å². The quantitative estimate of drug-likeness (QED) is 0.775. The summed E-state index contributed by atoms with van der Waals surface area (Å²) in [5, 5.41) is 0. The highest BCUT2D eigenvalue weighted by Gasteiger charge is 2.47.